The number of hydrogen-bond acceptors (Lipinski definition) is 2. The highest BCUT2D eigenvalue weighted by Gasteiger charge is 2.35. The second kappa shape index (κ2) is 7.47. The lowest BCUT2D eigenvalue weighted by Gasteiger charge is -2.19. The van der Waals surface area contributed by atoms with Gasteiger partial charge in [0.2, 0.25) is 5.91 Å². The standard InChI is InChI=1S/C22H24BrN3O/c1-3-15(2)13-26-20-10-5-4-9-19(20)24-22(26)16-11-21(27)25(14-16)18-8-6-7-17(23)12-18/h4-10,12,15-16H,3,11,13-14H2,1-2H3. The molecule has 1 fully saturated rings. The van der Waals surface area contributed by atoms with Crippen LogP contribution in [-0.2, 0) is 11.3 Å². The maximum absolute atomic E-state index is 12.7. The summed E-state index contributed by atoms with van der Waals surface area (Å²) in [7, 11) is 0. The predicted molar refractivity (Wildman–Crippen MR) is 113 cm³/mol. The van der Waals surface area contributed by atoms with Gasteiger partial charge >= 0.3 is 0 Å². The minimum absolute atomic E-state index is 0.118. The molecule has 1 aliphatic rings. The van der Waals surface area contributed by atoms with Crippen LogP contribution < -0.4 is 4.90 Å². The molecule has 0 saturated carbocycles. The maximum Gasteiger partial charge on any atom is 0.227 e. The summed E-state index contributed by atoms with van der Waals surface area (Å²) < 4.78 is 3.33. The third-order valence-corrected chi connectivity index (χ3v) is 5.98. The molecule has 4 nitrogen and oxygen atoms in total. The summed E-state index contributed by atoms with van der Waals surface area (Å²) in [5.41, 5.74) is 3.13. The van der Waals surface area contributed by atoms with E-state index >= 15 is 0 Å². The molecule has 2 heterocycles. The molecule has 5 heteroatoms. The number of benzene rings is 2. The fourth-order valence-corrected chi connectivity index (χ4v) is 4.20. The molecular weight excluding hydrogens is 402 g/mol. The summed E-state index contributed by atoms with van der Waals surface area (Å²) in [6.07, 6.45) is 1.63. The van der Waals surface area contributed by atoms with Crippen LogP contribution in [0.25, 0.3) is 11.0 Å². The Labute approximate surface area is 168 Å². The topological polar surface area (TPSA) is 38.1 Å². The number of halogens is 1. The molecule has 1 amide bonds. The minimum Gasteiger partial charge on any atom is -0.327 e. The number of fused-ring (bicyclic) bond motifs is 1. The zero-order valence-electron chi connectivity index (χ0n) is 15.7. The summed E-state index contributed by atoms with van der Waals surface area (Å²) in [6, 6.07) is 16.2. The van der Waals surface area contributed by atoms with Gasteiger partial charge in [0.15, 0.2) is 0 Å². The van der Waals surface area contributed by atoms with E-state index < -0.39 is 0 Å². The summed E-state index contributed by atoms with van der Waals surface area (Å²) in [4.78, 5) is 19.6. The van der Waals surface area contributed by atoms with Gasteiger partial charge in [-0.15, -0.1) is 0 Å². The van der Waals surface area contributed by atoms with Crippen molar-refractivity contribution in [1.29, 1.82) is 0 Å². The first kappa shape index (κ1) is 18.2. The van der Waals surface area contributed by atoms with E-state index in [9.17, 15) is 4.79 Å². The van der Waals surface area contributed by atoms with E-state index in [0.717, 1.165) is 34.5 Å². The molecule has 0 spiro atoms. The van der Waals surface area contributed by atoms with Crippen molar-refractivity contribution < 1.29 is 4.79 Å². The molecule has 3 aromatic rings. The van der Waals surface area contributed by atoms with Crippen molar-refractivity contribution in [2.24, 2.45) is 5.92 Å². The SMILES string of the molecule is CCC(C)Cn1c(C2CC(=O)N(c3cccc(Br)c3)C2)nc2ccccc21. The van der Waals surface area contributed by atoms with E-state index in [0.29, 0.717) is 18.9 Å². The Morgan fingerprint density at radius 3 is 2.81 bits per heavy atom. The van der Waals surface area contributed by atoms with Crippen LogP contribution in [0.15, 0.2) is 53.0 Å². The van der Waals surface area contributed by atoms with Crippen LogP contribution in [0.3, 0.4) is 0 Å². The van der Waals surface area contributed by atoms with Gasteiger partial charge in [0, 0.05) is 35.6 Å². The van der Waals surface area contributed by atoms with Crippen LogP contribution in [0, 0.1) is 5.92 Å². The number of carbonyl (C=O) groups excluding carboxylic acids is 1. The van der Waals surface area contributed by atoms with Crippen molar-refractivity contribution in [3.63, 3.8) is 0 Å². The number of hydrogen-bond donors (Lipinski definition) is 0. The number of aromatic nitrogens is 2. The second-order valence-electron chi connectivity index (χ2n) is 7.47. The molecule has 4 rings (SSSR count). The molecule has 2 atom stereocenters. The van der Waals surface area contributed by atoms with Gasteiger partial charge in [0.25, 0.3) is 0 Å². The average molecular weight is 426 g/mol. The third kappa shape index (κ3) is 3.53. The summed E-state index contributed by atoms with van der Waals surface area (Å²) in [5.74, 6) is 1.90. The Hall–Kier alpha value is -2.14. The van der Waals surface area contributed by atoms with Crippen molar-refractivity contribution in [2.45, 2.75) is 39.2 Å². The van der Waals surface area contributed by atoms with Gasteiger partial charge in [0.1, 0.15) is 5.82 Å². The van der Waals surface area contributed by atoms with Gasteiger partial charge in [0.05, 0.1) is 11.0 Å². The molecular formula is C22H24BrN3O. The van der Waals surface area contributed by atoms with Gasteiger partial charge in [-0.1, -0.05) is 54.4 Å². The number of anilines is 1. The van der Waals surface area contributed by atoms with E-state index in [1.807, 2.05) is 35.2 Å². The Morgan fingerprint density at radius 2 is 2.04 bits per heavy atom. The molecule has 0 N–H and O–H groups in total. The smallest absolute Gasteiger partial charge is 0.227 e. The number of carbonyl (C=O) groups is 1. The Balaban J connectivity index is 1.70. The molecule has 27 heavy (non-hydrogen) atoms. The fourth-order valence-electron chi connectivity index (χ4n) is 3.81. The molecule has 2 unspecified atom stereocenters. The average Bonchev–Trinajstić information content (AvgIpc) is 3.22. The Morgan fingerprint density at radius 1 is 1.22 bits per heavy atom. The Bertz CT molecular complexity index is 981. The van der Waals surface area contributed by atoms with Gasteiger partial charge in [-0.05, 0) is 36.2 Å². The normalized spacial score (nSPS) is 18.4. The van der Waals surface area contributed by atoms with Crippen molar-refractivity contribution >= 4 is 38.6 Å². The zero-order valence-corrected chi connectivity index (χ0v) is 17.3. The fraction of sp³-hybridized carbons (Fsp3) is 0.364. The number of para-hydroxylation sites is 2. The summed E-state index contributed by atoms with van der Waals surface area (Å²) in [6.45, 7) is 6.11. The number of amides is 1. The summed E-state index contributed by atoms with van der Waals surface area (Å²) >= 11 is 3.50. The second-order valence-corrected chi connectivity index (χ2v) is 8.38. The molecule has 0 aliphatic carbocycles. The van der Waals surface area contributed by atoms with Crippen molar-refractivity contribution in [1.82, 2.24) is 9.55 Å². The zero-order chi connectivity index (χ0) is 19.0. The van der Waals surface area contributed by atoms with Crippen molar-refractivity contribution in [3.8, 4) is 0 Å². The number of imidazole rings is 1. The van der Waals surface area contributed by atoms with Gasteiger partial charge in [-0.3, -0.25) is 4.79 Å². The molecule has 140 valence electrons. The van der Waals surface area contributed by atoms with E-state index in [2.05, 4.69) is 52.5 Å². The third-order valence-electron chi connectivity index (χ3n) is 5.49. The molecule has 1 aromatic heterocycles. The molecule has 0 radical (unpaired) electrons. The first-order valence-electron chi connectivity index (χ1n) is 9.58. The van der Waals surface area contributed by atoms with Crippen LogP contribution in [0.2, 0.25) is 0 Å². The highest BCUT2D eigenvalue weighted by molar-refractivity contribution is 9.10. The highest BCUT2D eigenvalue weighted by atomic mass is 79.9. The molecule has 1 saturated heterocycles. The lowest BCUT2D eigenvalue weighted by atomic mass is 10.1. The Kier molecular flexibility index (Phi) is 5.04. The summed E-state index contributed by atoms with van der Waals surface area (Å²) in [5, 5.41) is 0. The minimum atomic E-state index is 0.118. The van der Waals surface area contributed by atoms with E-state index in [1.165, 1.54) is 5.52 Å². The van der Waals surface area contributed by atoms with Crippen molar-refractivity contribution in [3.05, 3.63) is 58.8 Å². The van der Waals surface area contributed by atoms with Crippen LogP contribution in [-0.4, -0.2) is 22.0 Å². The number of rotatable bonds is 5. The highest BCUT2D eigenvalue weighted by Crippen LogP contribution is 2.34. The molecule has 0 bridgehead atoms. The van der Waals surface area contributed by atoms with Crippen LogP contribution in [0.1, 0.15) is 38.4 Å². The van der Waals surface area contributed by atoms with E-state index in [1.54, 1.807) is 0 Å². The first-order valence-corrected chi connectivity index (χ1v) is 10.4. The van der Waals surface area contributed by atoms with Gasteiger partial charge in [-0.2, -0.15) is 0 Å². The van der Waals surface area contributed by atoms with Crippen molar-refractivity contribution in [2.75, 3.05) is 11.4 Å². The predicted octanol–water partition coefficient (Wildman–Crippen LogP) is 5.37. The van der Waals surface area contributed by atoms with Crippen LogP contribution >= 0.6 is 15.9 Å². The lowest BCUT2D eigenvalue weighted by molar-refractivity contribution is -0.117. The monoisotopic (exact) mass is 425 g/mol. The molecule has 2 aromatic carbocycles. The lowest BCUT2D eigenvalue weighted by Crippen LogP contribution is -2.24. The molecule has 1 aliphatic heterocycles. The van der Waals surface area contributed by atoms with E-state index in [-0.39, 0.29) is 11.8 Å². The van der Waals surface area contributed by atoms with E-state index in [4.69, 9.17) is 4.98 Å². The first-order chi connectivity index (χ1) is 13.1. The van der Waals surface area contributed by atoms with Gasteiger partial charge in [-0.25, -0.2) is 4.98 Å². The maximum atomic E-state index is 12.7. The quantitative estimate of drug-likeness (QED) is 0.551. The van der Waals surface area contributed by atoms with Crippen LogP contribution in [0.5, 0.6) is 0 Å². The van der Waals surface area contributed by atoms with Gasteiger partial charge < -0.3 is 9.47 Å². The largest absolute Gasteiger partial charge is 0.327 e. The van der Waals surface area contributed by atoms with Crippen LogP contribution in [0.4, 0.5) is 5.69 Å². The number of nitrogens with zero attached hydrogens (tertiary/aromatic N) is 3.